The van der Waals surface area contributed by atoms with Crippen molar-refractivity contribution in [1.82, 2.24) is 0 Å². The molecule has 0 bridgehead atoms. The first-order valence-corrected chi connectivity index (χ1v) is 10.1. The highest BCUT2D eigenvalue weighted by Gasteiger charge is 2.07. The van der Waals surface area contributed by atoms with Crippen molar-refractivity contribution in [2.45, 2.75) is 106 Å². The Morgan fingerprint density at radius 3 is 1.55 bits per heavy atom. The van der Waals surface area contributed by atoms with Gasteiger partial charge >= 0.3 is 0 Å². The predicted molar refractivity (Wildman–Crippen MR) is 103 cm³/mol. The molecule has 0 heteroatoms. The van der Waals surface area contributed by atoms with Gasteiger partial charge in [-0.25, -0.2) is 0 Å². The zero-order valence-electron chi connectivity index (χ0n) is 16.5. The SMILES string of the molecule is CC/C=C/C(C)CCCC(C)CCCC(C)CCCC(C)C. The molecule has 0 aromatic rings. The molecule has 0 saturated carbocycles. The van der Waals surface area contributed by atoms with Crippen LogP contribution in [0.3, 0.4) is 0 Å². The van der Waals surface area contributed by atoms with Crippen LogP contribution < -0.4 is 0 Å². The van der Waals surface area contributed by atoms with Crippen LogP contribution >= 0.6 is 0 Å². The molecule has 0 aromatic carbocycles. The lowest BCUT2D eigenvalue weighted by molar-refractivity contribution is 0.383. The Morgan fingerprint density at radius 2 is 1.09 bits per heavy atom. The standard InChI is InChI=1S/C22H44/c1-7-8-13-20(4)15-10-17-22(6)18-11-16-21(5)14-9-12-19(2)3/h8,13,19-22H,7,9-12,14-18H2,1-6H3/b13-8+. The van der Waals surface area contributed by atoms with E-state index in [1.54, 1.807) is 0 Å². The normalized spacial score (nSPS) is 16.3. The zero-order valence-corrected chi connectivity index (χ0v) is 16.5. The van der Waals surface area contributed by atoms with Gasteiger partial charge < -0.3 is 0 Å². The predicted octanol–water partition coefficient (Wildman–Crippen LogP) is 8.03. The molecule has 0 aliphatic rings. The van der Waals surface area contributed by atoms with E-state index in [0.717, 1.165) is 23.7 Å². The van der Waals surface area contributed by atoms with E-state index in [-0.39, 0.29) is 0 Å². The highest BCUT2D eigenvalue weighted by molar-refractivity contribution is 4.85. The maximum absolute atomic E-state index is 2.45. The van der Waals surface area contributed by atoms with Crippen LogP contribution in [0.4, 0.5) is 0 Å². The Bertz CT molecular complexity index is 251. The molecule has 0 radical (unpaired) electrons. The van der Waals surface area contributed by atoms with Crippen molar-refractivity contribution in [3.05, 3.63) is 12.2 Å². The van der Waals surface area contributed by atoms with E-state index in [2.05, 4.69) is 53.7 Å². The van der Waals surface area contributed by atoms with Crippen molar-refractivity contribution in [2.75, 3.05) is 0 Å². The van der Waals surface area contributed by atoms with E-state index in [0.29, 0.717) is 0 Å². The largest absolute Gasteiger partial charge is 0.0885 e. The first-order valence-electron chi connectivity index (χ1n) is 10.1. The third kappa shape index (κ3) is 14.7. The van der Waals surface area contributed by atoms with Crippen molar-refractivity contribution < 1.29 is 0 Å². The van der Waals surface area contributed by atoms with Gasteiger partial charge in [0, 0.05) is 0 Å². The molecule has 0 aliphatic heterocycles. The van der Waals surface area contributed by atoms with Crippen LogP contribution in [0, 0.1) is 23.7 Å². The molecule has 0 fully saturated rings. The van der Waals surface area contributed by atoms with E-state index in [1.165, 1.54) is 64.2 Å². The molecular weight excluding hydrogens is 264 g/mol. The second-order valence-corrected chi connectivity index (χ2v) is 8.21. The molecule has 22 heavy (non-hydrogen) atoms. The molecule has 0 heterocycles. The highest BCUT2D eigenvalue weighted by atomic mass is 14.1. The van der Waals surface area contributed by atoms with Gasteiger partial charge in [0.2, 0.25) is 0 Å². The van der Waals surface area contributed by atoms with Crippen LogP contribution in [-0.4, -0.2) is 0 Å². The first-order chi connectivity index (χ1) is 10.5. The van der Waals surface area contributed by atoms with E-state index >= 15 is 0 Å². The molecule has 0 amide bonds. The highest BCUT2D eigenvalue weighted by Crippen LogP contribution is 2.22. The van der Waals surface area contributed by atoms with Crippen LogP contribution in [-0.2, 0) is 0 Å². The van der Waals surface area contributed by atoms with Gasteiger partial charge in [0.05, 0.1) is 0 Å². The summed E-state index contributed by atoms with van der Waals surface area (Å²) in [4.78, 5) is 0. The molecule has 0 aromatic heterocycles. The smallest absolute Gasteiger partial charge is 0.0262 e. The summed E-state index contributed by atoms with van der Waals surface area (Å²) >= 11 is 0. The van der Waals surface area contributed by atoms with Gasteiger partial charge in [-0.05, 0) is 36.5 Å². The number of allylic oxidation sites excluding steroid dienone is 2. The Kier molecular flexibility index (Phi) is 14.2. The minimum Gasteiger partial charge on any atom is -0.0885 e. The Labute approximate surface area is 142 Å². The summed E-state index contributed by atoms with van der Waals surface area (Å²) in [6, 6.07) is 0. The molecule has 0 nitrogen and oxygen atoms in total. The summed E-state index contributed by atoms with van der Waals surface area (Å²) in [5.41, 5.74) is 0. The van der Waals surface area contributed by atoms with Gasteiger partial charge in [0.15, 0.2) is 0 Å². The van der Waals surface area contributed by atoms with Crippen molar-refractivity contribution in [2.24, 2.45) is 23.7 Å². The summed E-state index contributed by atoms with van der Waals surface area (Å²) in [6.07, 6.45) is 18.7. The lowest BCUT2D eigenvalue weighted by atomic mass is 9.91. The minimum atomic E-state index is 0.771. The molecular formula is C22H44. The van der Waals surface area contributed by atoms with Gasteiger partial charge in [0.1, 0.15) is 0 Å². The van der Waals surface area contributed by atoms with Crippen LogP contribution in [0.5, 0.6) is 0 Å². The number of hydrogen-bond acceptors (Lipinski definition) is 0. The van der Waals surface area contributed by atoms with Crippen molar-refractivity contribution in [1.29, 1.82) is 0 Å². The summed E-state index contributed by atoms with van der Waals surface area (Å²) < 4.78 is 0. The lowest BCUT2D eigenvalue weighted by Gasteiger charge is -2.15. The van der Waals surface area contributed by atoms with Crippen LogP contribution in [0.15, 0.2) is 12.2 Å². The van der Waals surface area contributed by atoms with E-state index in [4.69, 9.17) is 0 Å². The first kappa shape index (κ1) is 21.7. The van der Waals surface area contributed by atoms with Gasteiger partial charge in [-0.1, -0.05) is 105 Å². The average Bonchev–Trinajstić information content (AvgIpc) is 2.44. The van der Waals surface area contributed by atoms with Gasteiger partial charge in [-0.2, -0.15) is 0 Å². The maximum atomic E-state index is 2.45. The quantitative estimate of drug-likeness (QED) is 0.285. The van der Waals surface area contributed by atoms with Crippen LogP contribution in [0.25, 0.3) is 0 Å². The third-order valence-corrected chi connectivity index (χ3v) is 4.93. The molecule has 0 rings (SSSR count). The second kappa shape index (κ2) is 14.3. The van der Waals surface area contributed by atoms with Crippen LogP contribution in [0.2, 0.25) is 0 Å². The molecule has 3 unspecified atom stereocenters. The fraction of sp³-hybridized carbons (Fsp3) is 0.909. The summed E-state index contributed by atoms with van der Waals surface area (Å²) in [7, 11) is 0. The fourth-order valence-electron chi connectivity index (χ4n) is 3.23. The molecule has 0 aliphatic carbocycles. The van der Waals surface area contributed by atoms with Gasteiger partial charge in [-0.15, -0.1) is 0 Å². The molecule has 0 saturated heterocycles. The molecule has 0 N–H and O–H groups in total. The zero-order chi connectivity index (χ0) is 16.8. The van der Waals surface area contributed by atoms with Gasteiger partial charge in [0.25, 0.3) is 0 Å². The average molecular weight is 309 g/mol. The van der Waals surface area contributed by atoms with E-state index < -0.39 is 0 Å². The Morgan fingerprint density at radius 1 is 0.636 bits per heavy atom. The topological polar surface area (TPSA) is 0 Å². The summed E-state index contributed by atoms with van der Waals surface area (Å²) in [5.74, 6) is 3.50. The molecule has 3 atom stereocenters. The molecule has 132 valence electrons. The molecule has 0 spiro atoms. The van der Waals surface area contributed by atoms with E-state index in [9.17, 15) is 0 Å². The van der Waals surface area contributed by atoms with Crippen molar-refractivity contribution in [3.63, 3.8) is 0 Å². The third-order valence-electron chi connectivity index (χ3n) is 4.93. The lowest BCUT2D eigenvalue weighted by Crippen LogP contribution is -2.01. The number of rotatable bonds is 14. The van der Waals surface area contributed by atoms with Crippen molar-refractivity contribution >= 4 is 0 Å². The summed E-state index contributed by atoms with van der Waals surface area (Å²) in [6.45, 7) is 14.2. The van der Waals surface area contributed by atoms with Crippen molar-refractivity contribution in [3.8, 4) is 0 Å². The second-order valence-electron chi connectivity index (χ2n) is 8.21. The summed E-state index contributed by atoms with van der Waals surface area (Å²) in [5, 5.41) is 0. The minimum absolute atomic E-state index is 0.771. The van der Waals surface area contributed by atoms with Gasteiger partial charge in [-0.3, -0.25) is 0 Å². The monoisotopic (exact) mass is 308 g/mol. The van der Waals surface area contributed by atoms with Crippen LogP contribution in [0.1, 0.15) is 106 Å². The number of hydrogen-bond donors (Lipinski definition) is 0. The Hall–Kier alpha value is -0.260. The van der Waals surface area contributed by atoms with E-state index in [1.807, 2.05) is 0 Å². The Balaban J connectivity index is 3.52. The fourth-order valence-corrected chi connectivity index (χ4v) is 3.23. The maximum Gasteiger partial charge on any atom is -0.0262 e.